The first-order valence-corrected chi connectivity index (χ1v) is 5.98. The van der Waals surface area contributed by atoms with E-state index < -0.39 is 0 Å². The van der Waals surface area contributed by atoms with Gasteiger partial charge >= 0.3 is 0 Å². The predicted octanol–water partition coefficient (Wildman–Crippen LogP) is 1.68. The molecule has 0 atom stereocenters. The van der Waals surface area contributed by atoms with E-state index in [9.17, 15) is 9.59 Å². The Labute approximate surface area is 108 Å². The lowest BCUT2D eigenvalue weighted by Crippen LogP contribution is -2.31. The molecule has 0 saturated carbocycles. The van der Waals surface area contributed by atoms with Gasteiger partial charge in [-0.3, -0.25) is 9.59 Å². The van der Waals surface area contributed by atoms with Gasteiger partial charge in [-0.1, -0.05) is 12.1 Å². The normalized spacial score (nSPS) is 9.94. The van der Waals surface area contributed by atoms with Crippen LogP contribution in [0.2, 0.25) is 0 Å². The predicted molar refractivity (Wildman–Crippen MR) is 69.6 cm³/mol. The first kappa shape index (κ1) is 14.2. The van der Waals surface area contributed by atoms with Crippen molar-refractivity contribution in [3.63, 3.8) is 0 Å². The minimum Gasteiger partial charge on any atom is -0.484 e. The maximum atomic E-state index is 11.5. The van der Waals surface area contributed by atoms with Gasteiger partial charge in [-0.05, 0) is 31.5 Å². The fourth-order valence-electron chi connectivity index (χ4n) is 1.42. The lowest BCUT2D eigenvalue weighted by atomic mass is 10.1. The van der Waals surface area contributed by atoms with Crippen LogP contribution in [0.3, 0.4) is 0 Å². The molecule has 0 radical (unpaired) electrons. The molecule has 0 aliphatic heterocycles. The van der Waals surface area contributed by atoms with Gasteiger partial charge in [0.15, 0.2) is 6.61 Å². The van der Waals surface area contributed by atoms with E-state index in [0.717, 1.165) is 5.56 Å². The summed E-state index contributed by atoms with van der Waals surface area (Å²) in [5.41, 5.74) is 0.951. The number of amides is 1. The summed E-state index contributed by atoms with van der Waals surface area (Å²) in [6.07, 6.45) is 0.428. The third kappa shape index (κ3) is 4.57. The molecule has 4 nitrogen and oxygen atoms in total. The Balaban J connectivity index is 2.49. The Morgan fingerprint density at radius 2 is 1.83 bits per heavy atom. The summed E-state index contributed by atoms with van der Waals surface area (Å²) in [5, 5.41) is 0. The van der Waals surface area contributed by atoms with Crippen LogP contribution in [0.25, 0.3) is 0 Å². The van der Waals surface area contributed by atoms with Gasteiger partial charge < -0.3 is 9.64 Å². The third-order valence-electron chi connectivity index (χ3n) is 2.64. The number of carbonyl (C=O) groups is 2. The molecular formula is C14H19NO3. The Bertz CT molecular complexity index is 412. The molecule has 0 aromatic heterocycles. The molecular weight excluding hydrogens is 230 g/mol. The highest BCUT2D eigenvalue weighted by atomic mass is 16.5. The lowest BCUT2D eigenvalue weighted by Gasteiger charge is -2.14. The van der Waals surface area contributed by atoms with Crippen molar-refractivity contribution in [2.24, 2.45) is 0 Å². The molecule has 1 aromatic carbocycles. The van der Waals surface area contributed by atoms with E-state index in [1.54, 1.807) is 31.0 Å². The van der Waals surface area contributed by atoms with Gasteiger partial charge in [-0.2, -0.15) is 0 Å². The maximum absolute atomic E-state index is 11.5. The zero-order chi connectivity index (χ0) is 13.5. The van der Waals surface area contributed by atoms with Crippen LogP contribution in [0.15, 0.2) is 24.3 Å². The number of benzene rings is 1. The van der Waals surface area contributed by atoms with Crippen molar-refractivity contribution in [2.45, 2.75) is 20.3 Å². The van der Waals surface area contributed by atoms with Gasteiger partial charge in [0.25, 0.3) is 5.91 Å². The first-order valence-electron chi connectivity index (χ1n) is 5.98. The minimum absolute atomic E-state index is 0.0381. The molecule has 0 heterocycles. The second kappa shape index (κ2) is 6.79. The van der Waals surface area contributed by atoms with Crippen molar-refractivity contribution < 1.29 is 14.3 Å². The third-order valence-corrected chi connectivity index (χ3v) is 2.64. The number of Topliss-reactive ketones (excluding diaryl/α,β-unsaturated/α-hetero) is 1. The number of hydrogen-bond donors (Lipinski definition) is 0. The first-order chi connectivity index (χ1) is 8.52. The van der Waals surface area contributed by atoms with E-state index in [-0.39, 0.29) is 18.3 Å². The zero-order valence-electron chi connectivity index (χ0n) is 11.1. The van der Waals surface area contributed by atoms with Gasteiger partial charge in [0.1, 0.15) is 11.5 Å². The SMILES string of the molecule is CCN(C)C(=O)COc1ccc(CC(C)=O)cc1. The molecule has 4 heteroatoms. The summed E-state index contributed by atoms with van der Waals surface area (Å²) in [5.74, 6) is 0.717. The highest BCUT2D eigenvalue weighted by Crippen LogP contribution is 2.12. The molecule has 18 heavy (non-hydrogen) atoms. The summed E-state index contributed by atoms with van der Waals surface area (Å²) >= 11 is 0. The lowest BCUT2D eigenvalue weighted by molar-refractivity contribution is -0.131. The standard InChI is InChI=1S/C14H19NO3/c1-4-15(3)14(17)10-18-13-7-5-12(6-8-13)9-11(2)16/h5-8H,4,9-10H2,1-3H3. The molecule has 0 unspecified atom stereocenters. The maximum Gasteiger partial charge on any atom is 0.260 e. The zero-order valence-corrected chi connectivity index (χ0v) is 11.1. The van der Waals surface area contributed by atoms with E-state index in [0.29, 0.717) is 18.7 Å². The van der Waals surface area contributed by atoms with Crippen LogP contribution < -0.4 is 4.74 Å². The monoisotopic (exact) mass is 249 g/mol. The van der Waals surface area contributed by atoms with Crippen molar-refractivity contribution in [1.82, 2.24) is 4.90 Å². The molecule has 0 saturated heterocycles. The van der Waals surface area contributed by atoms with E-state index in [2.05, 4.69) is 0 Å². The van der Waals surface area contributed by atoms with Gasteiger partial charge in [-0.15, -0.1) is 0 Å². The Morgan fingerprint density at radius 1 is 1.22 bits per heavy atom. The number of carbonyl (C=O) groups excluding carboxylic acids is 2. The number of rotatable bonds is 6. The van der Waals surface area contributed by atoms with Gasteiger partial charge in [0.05, 0.1) is 0 Å². The van der Waals surface area contributed by atoms with Crippen LogP contribution in [-0.2, 0) is 16.0 Å². The summed E-state index contributed by atoms with van der Waals surface area (Å²) < 4.78 is 5.37. The molecule has 0 N–H and O–H groups in total. The van der Waals surface area contributed by atoms with E-state index >= 15 is 0 Å². The highest BCUT2D eigenvalue weighted by molar-refractivity contribution is 5.78. The molecule has 1 amide bonds. The van der Waals surface area contributed by atoms with Crippen molar-refractivity contribution in [3.05, 3.63) is 29.8 Å². The fourth-order valence-corrected chi connectivity index (χ4v) is 1.42. The minimum atomic E-state index is -0.0506. The largest absolute Gasteiger partial charge is 0.484 e. The molecule has 1 rings (SSSR count). The van der Waals surface area contributed by atoms with Crippen molar-refractivity contribution in [1.29, 1.82) is 0 Å². The topological polar surface area (TPSA) is 46.6 Å². The van der Waals surface area contributed by atoms with Gasteiger partial charge in [0, 0.05) is 20.0 Å². The second-order valence-electron chi connectivity index (χ2n) is 4.22. The Kier molecular flexibility index (Phi) is 5.36. The molecule has 0 spiro atoms. The Hall–Kier alpha value is -1.84. The van der Waals surface area contributed by atoms with E-state index in [1.807, 2.05) is 19.1 Å². The van der Waals surface area contributed by atoms with Crippen LogP contribution in [0.1, 0.15) is 19.4 Å². The molecule has 98 valence electrons. The summed E-state index contributed by atoms with van der Waals surface area (Å²) in [4.78, 5) is 24.1. The summed E-state index contributed by atoms with van der Waals surface area (Å²) in [6, 6.07) is 7.23. The number of likely N-dealkylation sites (N-methyl/N-ethyl adjacent to an activating group) is 1. The highest BCUT2D eigenvalue weighted by Gasteiger charge is 2.07. The number of hydrogen-bond acceptors (Lipinski definition) is 3. The molecule has 0 aliphatic carbocycles. The van der Waals surface area contributed by atoms with Crippen LogP contribution in [0.5, 0.6) is 5.75 Å². The van der Waals surface area contributed by atoms with E-state index in [1.165, 1.54) is 0 Å². The molecule has 1 aromatic rings. The smallest absolute Gasteiger partial charge is 0.260 e. The number of ether oxygens (including phenoxy) is 1. The van der Waals surface area contributed by atoms with E-state index in [4.69, 9.17) is 4.74 Å². The van der Waals surface area contributed by atoms with Crippen LogP contribution >= 0.6 is 0 Å². The quantitative estimate of drug-likeness (QED) is 0.770. The van der Waals surface area contributed by atoms with Crippen LogP contribution in [-0.4, -0.2) is 36.8 Å². The van der Waals surface area contributed by atoms with Crippen LogP contribution in [0.4, 0.5) is 0 Å². The second-order valence-corrected chi connectivity index (χ2v) is 4.22. The number of nitrogens with zero attached hydrogens (tertiary/aromatic N) is 1. The van der Waals surface area contributed by atoms with Crippen molar-refractivity contribution >= 4 is 11.7 Å². The average molecular weight is 249 g/mol. The molecule has 0 fully saturated rings. The van der Waals surface area contributed by atoms with Gasteiger partial charge in [-0.25, -0.2) is 0 Å². The average Bonchev–Trinajstić information content (AvgIpc) is 2.36. The van der Waals surface area contributed by atoms with Crippen molar-refractivity contribution in [2.75, 3.05) is 20.2 Å². The van der Waals surface area contributed by atoms with Crippen LogP contribution in [0, 0.1) is 0 Å². The van der Waals surface area contributed by atoms with Gasteiger partial charge in [0.2, 0.25) is 0 Å². The fraction of sp³-hybridized carbons (Fsp3) is 0.429. The van der Waals surface area contributed by atoms with Crippen molar-refractivity contribution in [3.8, 4) is 5.75 Å². The summed E-state index contributed by atoms with van der Waals surface area (Å²) in [6.45, 7) is 4.17. The summed E-state index contributed by atoms with van der Waals surface area (Å²) in [7, 11) is 1.74. The molecule has 0 bridgehead atoms. The number of ketones is 1. The molecule has 0 aliphatic rings. The Morgan fingerprint density at radius 3 is 2.33 bits per heavy atom.